The van der Waals surface area contributed by atoms with Gasteiger partial charge in [-0.1, -0.05) is 42.1 Å². The van der Waals surface area contributed by atoms with Crippen LogP contribution in [0.1, 0.15) is 32.6 Å². The Balaban J connectivity index is 2.01. The second-order valence-electron chi connectivity index (χ2n) is 2.81. The third-order valence-corrected chi connectivity index (χ3v) is 2.26. The summed E-state index contributed by atoms with van der Waals surface area (Å²) in [6.07, 6.45) is 5.83. The normalized spacial score (nSPS) is 24.8. The number of rotatable bonds is 2. The Labute approximate surface area is 59.8 Å². The van der Waals surface area contributed by atoms with E-state index in [-0.39, 0.29) is 0 Å². The van der Waals surface area contributed by atoms with E-state index in [1.165, 1.54) is 25.7 Å². The topological polar surface area (TPSA) is 0 Å². The smallest absolute Gasteiger partial charge is 0.0120 e. The van der Waals surface area contributed by atoms with E-state index in [0.29, 0.717) is 0 Å². The van der Waals surface area contributed by atoms with Crippen LogP contribution in [0.4, 0.5) is 0 Å². The molecule has 0 heterocycles. The highest BCUT2D eigenvalue weighted by atomic mass is 79.9. The maximum absolute atomic E-state index is 3.55. The van der Waals surface area contributed by atoms with Gasteiger partial charge in [0.1, 0.15) is 0 Å². The summed E-state index contributed by atoms with van der Waals surface area (Å²) in [6.45, 7) is 2.23. The first-order valence-electron chi connectivity index (χ1n) is 3.43. The minimum Gasteiger partial charge on any atom is -0.0894 e. The first-order valence-corrected chi connectivity index (χ1v) is 4.34. The first kappa shape index (κ1) is 6.60. The SMILES string of the molecule is CC(Br)CC1CCC1. The Morgan fingerprint density at radius 2 is 2.25 bits per heavy atom. The van der Waals surface area contributed by atoms with Crippen molar-refractivity contribution in [3.63, 3.8) is 0 Å². The van der Waals surface area contributed by atoms with E-state index in [0.717, 1.165) is 10.7 Å². The van der Waals surface area contributed by atoms with E-state index in [2.05, 4.69) is 22.9 Å². The molecule has 1 saturated carbocycles. The highest BCUT2D eigenvalue weighted by Gasteiger charge is 2.18. The highest BCUT2D eigenvalue weighted by Crippen LogP contribution is 2.31. The van der Waals surface area contributed by atoms with Gasteiger partial charge in [-0.3, -0.25) is 0 Å². The molecule has 48 valence electrons. The molecule has 0 nitrogen and oxygen atoms in total. The summed E-state index contributed by atoms with van der Waals surface area (Å²) in [5.74, 6) is 1.06. The quantitative estimate of drug-likeness (QED) is 0.569. The predicted molar refractivity (Wildman–Crippen MR) is 40.3 cm³/mol. The lowest BCUT2D eigenvalue weighted by atomic mass is 9.82. The fourth-order valence-corrected chi connectivity index (χ4v) is 1.72. The second-order valence-corrected chi connectivity index (χ2v) is 4.38. The van der Waals surface area contributed by atoms with E-state index in [1.54, 1.807) is 0 Å². The van der Waals surface area contributed by atoms with Crippen LogP contribution in [0.5, 0.6) is 0 Å². The third kappa shape index (κ3) is 1.77. The fourth-order valence-electron chi connectivity index (χ4n) is 1.19. The summed E-state index contributed by atoms with van der Waals surface area (Å²) in [5, 5.41) is 0. The summed E-state index contributed by atoms with van der Waals surface area (Å²) < 4.78 is 0. The van der Waals surface area contributed by atoms with E-state index < -0.39 is 0 Å². The molecular formula is C7H13Br. The first-order chi connectivity index (χ1) is 3.79. The Kier molecular flexibility index (Phi) is 2.36. The van der Waals surface area contributed by atoms with Crippen LogP contribution in [0, 0.1) is 5.92 Å². The molecular weight excluding hydrogens is 164 g/mol. The molecule has 0 N–H and O–H groups in total. The zero-order chi connectivity index (χ0) is 5.98. The lowest BCUT2D eigenvalue weighted by Gasteiger charge is -2.26. The van der Waals surface area contributed by atoms with Gasteiger partial charge >= 0.3 is 0 Å². The van der Waals surface area contributed by atoms with Crippen molar-refractivity contribution in [2.24, 2.45) is 5.92 Å². The molecule has 0 radical (unpaired) electrons. The second kappa shape index (κ2) is 2.86. The molecule has 1 atom stereocenters. The van der Waals surface area contributed by atoms with Crippen LogP contribution in [-0.2, 0) is 0 Å². The molecule has 0 aliphatic heterocycles. The Morgan fingerprint density at radius 3 is 2.38 bits per heavy atom. The Bertz CT molecular complexity index is 64.8. The minimum absolute atomic E-state index is 0.743. The van der Waals surface area contributed by atoms with Crippen molar-refractivity contribution in [3.05, 3.63) is 0 Å². The van der Waals surface area contributed by atoms with Crippen LogP contribution in [0.2, 0.25) is 0 Å². The summed E-state index contributed by atoms with van der Waals surface area (Å²) >= 11 is 3.55. The van der Waals surface area contributed by atoms with Gasteiger partial charge in [-0.05, 0) is 12.3 Å². The van der Waals surface area contributed by atoms with Gasteiger partial charge in [0.05, 0.1) is 0 Å². The molecule has 1 aliphatic carbocycles. The molecule has 0 amide bonds. The molecule has 8 heavy (non-hydrogen) atoms. The maximum Gasteiger partial charge on any atom is 0.0120 e. The van der Waals surface area contributed by atoms with Gasteiger partial charge in [0.25, 0.3) is 0 Å². The largest absolute Gasteiger partial charge is 0.0894 e. The number of hydrogen-bond donors (Lipinski definition) is 0. The Hall–Kier alpha value is 0.480. The van der Waals surface area contributed by atoms with Crippen LogP contribution < -0.4 is 0 Å². The van der Waals surface area contributed by atoms with E-state index >= 15 is 0 Å². The van der Waals surface area contributed by atoms with Crippen molar-refractivity contribution in [2.45, 2.75) is 37.4 Å². The summed E-state index contributed by atoms with van der Waals surface area (Å²) in [6, 6.07) is 0. The molecule has 0 spiro atoms. The molecule has 1 heteroatoms. The monoisotopic (exact) mass is 176 g/mol. The number of halogens is 1. The fraction of sp³-hybridized carbons (Fsp3) is 1.00. The molecule has 0 bridgehead atoms. The summed E-state index contributed by atoms with van der Waals surface area (Å²) in [5.41, 5.74) is 0. The van der Waals surface area contributed by atoms with Crippen LogP contribution in [0.25, 0.3) is 0 Å². The van der Waals surface area contributed by atoms with Crippen LogP contribution in [0.15, 0.2) is 0 Å². The average molecular weight is 177 g/mol. The standard InChI is InChI=1S/C7H13Br/c1-6(8)5-7-3-2-4-7/h6-7H,2-5H2,1H3. The van der Waals surface area contributed by atoms with Gasteiger partial charge < -0.3 is 0 Å². The molecule has 1 aliphatic rings. The lowest BCUT2D eigenvalue weighted by molar-refractivity contribution is 0.298. The van der Waals surface area contributed by atoms with Crippen molar-refractivity contribution < 1.29 is 0 Å². The van der Waals surface area contributed by atoms with Gasteiger partial charge in [0, 0.05) is 4.83 Å². The van der Waals surface area contributed by atoms with E-state index in [1.807, 2.05) is 0 Å². The summed E-state index contributed by atoms with van der Waals surface area (Å²) in [4.78, 5) is 0.743. The van der Waals surface area contributed by atoms with Crippen LogP contribution in [0.3, 0.4) is 0 Å². The van der Waals surface area contributed by atoms with Crippen molar-refractivity contribution >= 4 is 15.9 Å². The zero-order valence-electron chi connectivity index (χ0n) is 5.36. The number of hydrogen-bond acceptors (Lipinski definition) is 0. The average Bonchev–Trinajstić information content (AvgIpc) is 1.55. The predicted octanol–water partition coefficient (Wildman–Crippen LogP) is 2.96. The highest BCUT2D eigenvalue weighted by molar-refractivity contribution is 9.09. The van der Waals surface area contributed by atoms with Gasteiger partial charge in [-0.2, -0.15) is 0 Å². The Morgan fingerprint density at radius 1 is 1.62 bits per heavy atom. The van der Waals surface area contributed by atoms with E-state index in [9.17, 15) is 0 Å². The van der Waals surface area contributed by atoms with Crippen molar-refractivity contribution in [1.82, 2.24) is 0 Å². The minimum atomic E-state index is 0.743. The maximum atomic E-state index is 3.55. The number of alkyl halides is 1. The van der Waals surface area contributed by atoms with Crippen LogP contribution >= 0.6 is 15.9 Å². The lowest BCUT2D eigenvalue weighted by Crippen LogP contribution is -2.13. The van der Waals surface area contributed by atoms with Gasteiger partial charge in [0.2, 0.25) is 0 Å². The molecule has 0 aromatic rings. The van der Waals surface area contributed by atoms with Crippen LogP contribution in [-0.4, -0.2) is 4.83 Å². The van der Waals surface area contributed by atoms with Crippen molar-refractivity contribution in [3.8, 4) is 0 Å². The molecule has 1 unspecified atom stereocenters. The molecule has 1 fully saturated rings. The molecule has 0 aromatic heterocycles. The van der Waals surface area contributed by atoms with Crippen molar-refractivity contribution in [1.29, 1.82) is 0 Å². The molecule has 0 aromatic carbocycles. The zero-order valence-corrected chi connectivity index (χ0v) is 6.95. The van der Waals surface area contributed by atoms with E-state index in [4.69, 9.17) is 0 Å². The molecule has 1 rings (SSSR count). The van der Waals surface area contributed by atoms with Crippen molar-refractivity contribution in [2.75, 3.05) is 0 Å². The molecule has 0 saturated heterocycles. The summed E-state index contributed by atoms with van der Waals surface area (Å²) in [7, 11) is 0. The van der Waals surface area contributed by atoms with Gasteiger partial charge in [-0.15, -0.1) is 0 Å². The van der Waals surface area contributed by atoms with Gasteiger partial charge in [0.15, 0.2) is 0 Å². The van der Waals surface area contributed by atoms with Gasteiger partial charge in [-0.25, -0.2) is 0 Å². The third-order valence-electron chi connectivity index (χ3n) is 1.88.